The molecule has 8 heteroatoms. The molecule has 8 nitrogen and oxygen atoms in total. The molecule has 140 valence electrons. The molecule has 0 fully saturated rings. The van der Waals surface area contributed by atoms with E-state index in [0.717, 1.165) is 11.4 Å². The zero-order chi connectivity index (χ0) is 19.7. The molecule has 0 saturated heterocycles. The number of aromatic nitrogens is 3. The van der Waals surface area contributed by atoms with Crippen LogP contribution < -0.4 is 16.4 Å². The number of hydrogen-bond donors (Lipinski definition) is 3. The van der Waals surface area contributed by atoms with Gasteiger partial charge >= 0.3 is 0 Å². The number of H-pyrrole nitrogens is 1. The number of rotatable bonds is 3. The van der Waals surface area contributed by atoms with Gasteiger partial charge in [0.05, 0.1) is 10.9 Å². The van der Waals surface area contributed by atoms with Crippen LogP contribution in [0.1, 0.15) is 52.1 Å². The largest absolute Gasteiger partial charge is 0.346 e. The summed E-state index contributed by atoms with van der Waals surface area (Å²) in [4.78, 5) is 36.8. The van der Waals surface area contributed by atoms with E-state index in [0.29, 0.717) is 16.3 Å². The SMILES string of the molecule is Cc1cc(C(=O)NNC(=O)c2n[nH]c(=O)c3ccccc23)c(C)n1C(C)C. The molecule has 0 radical (unpaired) electrons. The summed E-state index contributed by atoms with van der Waals surface area (Å²) in [6, 6.07) is 8.64. The Morgan fingerprint density at radius 1 is 1.07 bits per heavy atom. The Morgan fingerprint density at radius 2 is 1.70 bits per heavy atom. The van der Waals surface area contributed by atoms with Gasteiger partial charge < -0.3 is 4.57 Å². The summed E-state index contributed by atoms with van der Waals surface area (Å²) in [5.74, 6) is -1.04. The van der Waals surface area contributed by atoms with Crippen molar-refractivity contribution in [2.45, 2.75) is 33.7 Å². The summed E-state index contributed by atoms with van der Waals surface area (Å²) in [6.07, 6.45) is 0. The zero-order valence-corrected chi connectivity index (χ0v) is 15.6. The van der Waals surface area contributed by atoms with Crippen molar-refractivity contribution in [3.63, 3.8) is 0 Å². The van der Waals surface area contributed by atoms with E-state index in [1.54, 1.807) is 30.3 Å². The maximum absolute atomic E-state index is 12.5. The van der Waals surface area contributed by atoms with Crippen LogP contribution in [0.15, 0.2) is 35.1 Å². The van der Waals surface area contributed by atoms with Crippen molar-refractivity contribution in [1.82, 2.24) is 25.6 Å². The minimum absolute atomic E-state index is 0.0261. The van der Waals surface area contributed by atoms with Gasteiger partial charge in [0.25, 0.3) is 17.4 Å². The van der Waals surface area contributed by atoms with E-state index in [1.165, 1.54) is 0 Å². The molecule has 0 aliphatic rings. The second kappa shape index (κ2) is 7.06. The number of hydrogen-bond acceptors (Lipinski definition) is 4. The number of hydrazine groups is 1. The minimum atomic E-state index is -0.617. The van der Waals surface area contributed by atoms with E-state index in [2.05, 4.69) is 21.0 Å². The summed E-state index contributed by atoms with van der Waals surface area (Å²) in [5.41, 5.74) is 6.69. The summed E-state index contributed by atoms with van der Waals surface area (Å²) in [6.45, 7) is 7.87. The normalized spacial score (nSPS) is 11.0. The lowest BCUT2D eigenvalue weighted by atomic mass is 10.1. The minimum Gasteiger partial charge on any atom is -0.346 e. The number of carbonyl (C=O) groups is 2. The van der Waals surface area contributed by atoms with Crippen LogP contribution in [0.25, 0.3) is 10.8 Å². The van der Waals surface area contributed by atoms with E-state index in [-0.39, 0.29) is 17.3 Å². The molecule has 1 aromatic carbocycles. The molecule has 2 amide bonds. The number of aryl methyl sites for hydroxylation is 1. The third-order valence-corrected chi connectivity index (χ3v) is 4.45. The van der Waals surface area contributed by atoms with E-state index >= 15 is 0 Å². The molecule has 0 unspecified atom stereocenters. The fourth-order valence-corrected chi connectivity index (χ4v) is 3.33. The lowest BCUT2D eigenvalue weighted by molar-refractivity contribution is 0.0844. The van der Waals surface area contributed by atoms with Crippen molar-refractivity contribution in [2.75, 3.05) is 0 Å². The number of nitrogens with zero attached hydrogens (tertiary/aromatic N) is 2. The standard InChI is InChI=1S/C19H21N5O3/c1-10(2)24-11(3)9-15(12(24)4)18(26)22-23-19(27)16-13-7-5-6-8-14(13)17(25)21-20-16/h5-10H,1-4H3,(H,21,25)(H,22,26)(H,23,27). The monoisotopic (exact) mass is 367 g/mol. The number of aromatic amines is 1. The van der Waals surface area contributed by atoms with Crippen LogP contribution in [0, 0.1) is 13.8 Å². The predicted octanol–water partition coefficient (Wildman–Crippen LogP) is 2.00. The van der Waals surface area contributed by atoms with Gasteiger partial charge in [-0.25, -0.2) is 5.10 Å². The van der Waals surface area contributed by atoms with Crippen LogP contribution in [-0.4, -0.2) is 26.6 Å². The Kier molecular flexibility index (Phi) is 4.81. The maximum atomic E-state index is 12.5. The number of benzene rings is 1. The molecule has 0 spiro atoms. The van der Waals surface area contributed by atoms with Crippen LogP contribution in [0.3, 0.4) is 0 Å². The van der Waals surface area contributed by atoms with Gasteiger partial charge in [0.1, 0.15) is 0 Å². The van der Waals surface area contributed by atoms with E-state index in [4.69, 9.17) is 0 Å². The molecule has 2 aromatic heterocycles. The highest BCUT2D eigenvalue weighted by atomic mass is 16.2. The van der Waals surface area contributed by atoms with E-state index in [1.807, 2.05) is 32.3 Å². The molecule has 27 heavy (non-hydrogen) atoms. The molecular formula is C19H21N5O3. The van der Waals surface area contributed by atoms with Crippen LogP contribution in [0.4, 0.5) is 0 Å². The van der Waals surface area contributed by atoms with Gasteiger partial charge in [0, 0.05) is 22.8 Å². The highest BCUT2D eigenvalue weighted by Crippen LogP contribution is 2.20. The molecular weight excluding hydrogens is 346 g/mol. The first-order chi connectivity index (χ1) is 12.8. The number of amides is 2. The Labute approximate surface area is 155 Å². The van der Waals surface area contributed by atoms with Gasteiger partial charge in [-0.3, -0.25) is 25.2 Å². The lowest BCUT2D eigenvalue weighted by Crippen LogP contribution is -2.42. The van der Waals surface area contributed by atoms with Crippen LogP contribution >= 0.6 is 0 Å². The topological polar surface area (TPSA) is 109 Å². The van der Waals surface area contributed by atoms with Crippen molar-refractivity contribution >= 4 is 22.6 Å². The van der Waals surface area contributed by atoms with Crippen molar-refractivity contribution in [3.05, 3.63) is 63.3 Å². The van der Waals surface area contributed by atoms with Gasteiger partial charge in [0.2, 0.25) is 0 Å². The summed E-state index contributed by atoms with van der Waals surface area (Å²) in [5, 5.41) is 6.86. The summed E-state index contributed by atoms with van der Waals surface area (Å²) < 4.78 is 2.05. The van der Waals surface area contributed by atoms with Crippen LogP contribution in [0.2, 0.25) is 0 Å². The van der Waals surface area contributed by atoms with Crippen molar-refractivity contribution < 1.29 is 9.59 Å². The predicted molar refractivity (Wildman–Crippen MR) is 102 cm³/mol. The maximum Gasteiger partial charge on any atom is 0.290 e. The average Bonchev–Trinajstić information content (AvgIpc) is 2.94. The third kappa shape index (κ3) is 3.33. The van der Waals surface area contributed by atoms with Gasteiger partial charge in [-0.1, -0.05) is 18.2 Å². The first kappa shape index (κ1) is 18.4. The third-order valence-electron chi connectivity index (χ3n) is 4.45. The Balaban J connectivity index is 1.81. The van der Waals surface area contributed by atoms with Gasteiger partial charge in [-0.15, -0.1) is 0 Å². The van der Waals surface area contributed by atoms with E-state index < -0.39 is 11.8 Å². The van der Waals surface area contributed by atoms with Gasteiger partial charge in [-0.05, 0) is 39.8 Å². The molecule has 0 saturated carbocycles. The number of fused-ring (bicyclic) bond motifs is 1. The second-order valence-electron chi connectivity index (χ2n) is 6.60. The molecule has 3 N–H and O–H groups in total. The Bertz CT molecular complexity index is 1090. The Hall–Kier alpha value is -3.42. The van der Waals surface area contributed by atoms with Crippen LogP contribution in [-0.2, 0) is 0 Å². The fraction of sp³-hybridized carbons (Fsp3) is 0.263. The molecule has 3 rings (SSSR count). The molecule has 0 bridgehead atoms. The molecule has 3 aromatic rings. The van der Waals surface area contributed by atoms with E-state index in [9.17, 15) is 14.4 Å². The second-order valence-corrected chi connectivity index (χ2v) is 6.60. The molecule has 0 aliphatic heterocycles. The van der Waals surface area contributed by atoms with Crippen molar-refractivity contribution in [3.8, 4) is 0 Å². The Morgan fingerprint density at radius 3 is 2.33 bits per heavy atom. The zero-order valence-electron chi connectivity index (χ0n) is 15.6. The summed E-state index contributed by atoms with van der Waals surface area (Å²) >= 11 is 0. The lowest BCUT2D eigenvalue weighted by Gasteiger charge is -2.13. The first-order valence-corrected chi connectivity index (χ1v) is 8.57. The van der Waals surface area contributed by atoms with Gasteiger partial charge in [-0.2, -0.15) is 5.10 Å². The van der Waals surface area contributed by atoms with Crippen molar-refractivity contribution in [2.24, 2.45) is 0 Å². The molecule has 0 aliphatic carbocycles. The smallest absolute Gasteiger partial charge is 0.290 e. The van der Waals surface area contributed by atoms with Crippen molar-refractivity contribution in [1.29, 1.82) is 0 Å². The quantitative estimate of drug-likeness (QED) is 0.615. The molecule has 2 heterocycles. The number of nitrogens with one attached hydrogen (secondary N) is 3. The fourth-order valence-electron chi connectivity index (χ4n) is 3.33. The average molecular weight is 367 g/mol. The number of carbonyl (C=O) groups excluding carboxylic acids is 2. The molecule has 0 atom stereocenters. The van der Waals surface area contributed by atoms with Crippen LogP contribution in [0.5, 0.6) is 0 Å². The highest BCUT2D eigenvalue weighted by molar-refractivity contribution is 6.06. The highest BCUT2D eigenvalue weighted by Gasteiger charge is 2.19. The first-order valence-electron chi connectivity index (χ1n) is 8.57. The van der Waals surface area contributed by atoms with Gasteiger partial charge in [0.15, 0.2) is 5.69 Å². The summed E-state index contributed by atoms with van der Waals surface area (Å²) in [7, 11) is 0.